The maximum Gasteiger partial charge on any atom is 0.264 e. The molecule has 248 valence electrons. The van der Waals surface area contributed by atoms with E-state index in [2.05, 4.69) is 14.9 Å². The van der Waals surface area contributed by atoms with Gasteiger partial charge in [-0.05, 0) is 111 Å². The van der Waals surface area contributed by atoms with Crippen molar-refractivity contribution in [2.75, 3.05) is 37.7 Å². The van der Waals surface area contributed by atoms with Gasteiger partial charge in [0.05, 0.1) is 23.1 Å². The number of nitrogens with zero attached hydrogens (tertiary/aromatic N) is 1. The first-order valence-electron chi connectivity index (χ1n) is 16.4. The van der Waals surface area contributed by atoms with E-state index < -0.39 is 26.8 Å². The monoisotopic (exact) mass is 661 g/mol. The van der Waals surface area contributed by atoms with Crippen molar-refractivity contribution in [3.8, 4) is 5.75 Å². The van der Waals surface area contributed by atoms with Crippen LogP contribution in [0.3, 0.4) is 0 Å². The molecular formula is C34H48ClN3O6S. The van der Waals surface area contributed by atoms with Crippen molar-refractivity contribution in [3.05, 3.63) is 58.1 Å². The number of hydrogen-bond donors (Lipinski definition) is 4. The van der Waals surface area contributed by atoms with Crippen LogP contribution >= 0.6 is 11.6 Å². The maximum atomic E-state index is 13.4. The number of hydrogen-bond acceptors (Lipinski definition) is 8. The number of aliphatic hydroxyl groups is 2. The molecule has 2 heterocycles. The first kappa shape index (κ1) is 34.0. The third kappa shape index (κ3) is 7.96. The SMILES string of the molecule is CC1CCC[C@](O)(CNCCO)[C@@H]2CC[C@H]2CN2CCCCc3cc(Cl)ccc3COc3ccc(cc32)C(=O)NS(=O)(=O)[C@@H]1C. The largest absolute Gasteiger partial charge is 0.487 e. The van der Waals surface area contributed by atoms with Crippen molar-refractivity contribution in [2.24, 2.45) is 17.8 Å². The minimum atomic E-state index is -3.95. The van der Waals surface area contributed by atoms with Gasteiger partial charge >= 0.3 is 0 Å². The van der Waals surface area contributed by atoms with Crippen LogP contribution in [0.25, 0.3) is 0 Å². The number of nitrogens with one attached hydrogen (secondary N) is 2. The fourth-order valence-electron chi connectivity index (χ4n) is 7.20. The third-order valence-corrected chi connectivity index (χ3v) is 12.5. The molecule has 0 spiro atoms. The molecule has 1 unspecified atom stereocenters. The standard InChI is InChI=1S/C34H48ClN3O6S/c1-23-6-5-14-34(41,22-36-15-17-39)30-12-9-27(30)20-38-16-4-3-7-25-18-29(35)11-8-28(25)21-44-32-13-10-26(19-31(32)38)33(40)37-45(42,43)24(23)2/h8,10-11,13,18-19,23-24,27,30,36,39,41H,3-7,9,12,14-17,20-22H2,1-2H3,(H,37,40)/t23?,24-,27+,30-,34+/m1/s1. The van der Waals surface area contributed by atoms with Crippen LogP contribution in [0.4, 0.5) is 5.69 Å². The molecule has 1 aliphatic carbocycles. The van der Waals surface area contributed by atoms with Crippen molar-refractivity contribution >= 4 is 33.2 Å². The van der Waals surface area contributed by atoms with Crippen molar-refractivity contribution in [1.82, 2.24) is 10.0 Å². The second kappa shape index (κ2) is 14.6. The van der Waals surface area contributed by atoms with Gasteiger partial charge in [-0.2, -0.15) is 0 Å². The summed E-state index contributed by atoms with van der Waals surface area (Å²) in [5.74, 6) is 0.0275. The van der Waals surface area contributed by atoms with Gasteiger partial charge in [-0.25, -0.2) is 13.1 Å². The summed E-state index contributed by atoms with van der Waals surface area (Å²) in [6.07, 6.45) is 6.37. The summed E-state index contributed by atoms with van der Waals surface area (Å²) in [4.78, 5) is 15.7. The van der Waals surface area contributed by atoms with E-state index in [1.807, 2.05) is 25.1 Å². The smallest absolute Gasteiger partial charge is 0.264 e. The average molecular weight is 662 g/mol. The first-order valence-corrected chi connectivity index (χ1v) is 18.3. The van der Waals surface area contributed by atoms with Gasteiger partial charge in [-0.3, -0.25) is 4.79 Å². The average Bonchev–Trinajstić information content (AvgIpc) is 3.01. The molecule has 0 radical (unpaired) electrons. The van der Waals surface area contributed by atoms with Crippen LogP contribution in [0.1, 0.15) is 80.3 Å². The number of rotatable bonds is 4. The number of amides is 1. The molecule has 1 saturated carbocycles. The van der Waals surface area contributed by atoms with Crippen LogP contribution in [0, 0.1) is 17.8 Å². The quantitative estimate of drug-likeness (QED) is 0.348. The van der Waals surface area contributed by atoms with Gasteiger partial charge in [0.1, 0.15) is 12.4 Å². The van der Waals surface area contributed by atoms with E-state index in [4.69, 9.17) is 16.3 Å². The predicted molar refractivity (Wildman–Crippen MR) is 177 cm³/mol. The lowest BCUT2D eigenvalue weighted by Gasteiger charge is -2.49. The number of aryl methyl sites for hydroxylation is 1. The molecule has 1 fully saturated rings. The number of aliphatic hydroxyl groups excluding tert-OH is 1. The highest BCUT2D eigenvalue weighted by Crippen LogP contribution is 2.46. The summed E-state index contributed by atoms with van der Waals surface area (Å²) in [7, 11) is -3.95. The lowest BCUT2D eigenvalue weighted by atomic mass is 9.63. The Hall–Kier alpha value is -2.37. The topological polar surface area (TPSA) is 128 Å². The van der Waals surface area contributed by atoms with Gasteiger partial charge in [0, 0.05) is 36.8 Å². The zero-order valence-corrected chi connectivity index (χ0v) is 28.0. The van der Waals surface area contributed by atoms with E-state index in [1.165, 1.54) is 0 Å². The van der Waals surface area contributed by atoms with Gasteiger partial charge in [0.15, 0.2) is 0 Å². The molecule has 4 N–H and O–H groups in total. The molecule has 5 rings (SSSR count). The third-order valence-electron chi connectivity index (χ3n) is 10.3. The lowest BCUT2D eigenvalue weighted by Crippen LogP contribution is -2.55. The van der Waals surface area contributed by atoms with Gasteiger partial charge in [0.2, 0.25) is 10.0 Å². The molecule has 9 nitrogen and oxygen atoms in total. The second-order valence-corrected chi connectivity index (χ2v) is 15.8. The molecule has 2 aromatic carbocycles. The Morgan fingerprint density at radius 3 is 2.67 bits per heavy atom. The Labute approximate surface area is 272 Å². The van der Waals surface area contributed by atoms with E-state index in [1.54, 1.807) is 25.1 Å². The minimum absolute atomic E-state index is 0.00866. The zero-order chi connectivity index (χ0) is 32.2. The van der Waals surface area contributed by atoms with Crippen molar-refractivity contribution in [3.63, 3.8) is 0 Å². The molecule has 3 aliphatic rings. The normalized spacial score (nSPS) is 29.2. The molecule has 2 aromatic rings. The van der Waals surface area contributed by atoms with Gasteiger partial charge in [-0.15, -0.1) is 0 Å². The molecule has 11 heteroatoms. The molecule has 2 bridgehead atoms. The highest BCUT2D eigenvalue weighted by atomic mass is 35.5. The van der Waals surface area contributed by atoms with Crippen LogP contribution in [0.2, 0.25) is 5.02 Å². The predicted octanol–water partition coefficient (Wildman–Crippen LogP) is 4.67. The Balaban J connectivity index is 1.54. The van der Waals surface area contributed by atoms with Crippen LogP contribution in [0.5, 0.6) is 5.75 Å². The van der Waals surface area contributed by atoms with Gasteiger partial charge in [0.25, 0.3) is 5.91 Å². The van der Waals surface area contributed by atoms with Crippen LogP contribution < -0.4 is 19.7 Å². The Morgan fingerprint density at radius 2 is 1.91 bits per heavy atom. The Morgan fingerprint density at radius 1 is 1.09 bits per heavy atom. The van der Waals surface area contributed by atoms with Crippen LogP contribution in [0.15, 0.2) is 36.4 Å². The molecule has 0 aromatic heterocycles. The lowest BCUT2D eigenvalue weighted by molar-refractivity contribution is -0.0866. The number of benzene rings is 2. The fourth-order valence-corrected chi connectivity index (χ4v) is 8.70. The van der Waals surface area contributed by atoms with Crippen molar-refractivity contribution < 1.29 is 28.2 Å². The van der Waals surface area contributed by atoms with Gasteiger partial charge in [-0.1, -0.05) is 31.0 Å². The second-order valence-electron chi connectivity index (χ2n) is 13.3. The summed E-state index contributed by atoms with van der Waals surface area (Å²) in [5.41, 5.74) is 2.24. The highest BCUT2D eigenvalue weighted by molar-refractivity contribution is 7.90. The Bertz CT molecular complexity index is 1460. The van der Waals surface area contributed by atoms with E-state index in [0.29, 0.717) is 62.8 Å². The molecular weight excluding hydrogens is 614 g/mol. The zero-order valence-electron chi connectivity index (χ0n) is 26.4. The maximum absolute atomic E-state index is 13.4. The highest BCUT2D eigenvalue weighted by Gasteiger charge is 2.46. The minimum Gasteiger partial charge on any atom is -0.487 e. The number of carbonyl (C=O) groups excluding carboxylic acids is 1. The summed E-state index contributed by atoms with van der Waals surface area (Å²) in [6, 6.07) is 11.0. The van der Waals surface area contributed by atoms with E-state index in [0.717, 1.165) is 48.9 Å². The van der Waals surface area contributed by atoms with E-state index >= 15 is 0 Å². The van der Waals surface area contributed by atoms with E-state index in [-0.39, 0.29) is 29.9 Å². The number of halogens is 1. The summed E-state index contributed by atoms with van der Waals surface area (Å²) >= 11 is 6.33. The van der Waals surface area contributed by atoms with Gasteiger partial charge < -0.3 is 25.2 Å². The first-order chi connectivity index (χ1) is 21.5. The fraction of sp³-hybridized carbons (Fsp3) is 0.618. The summed E-state index contributed by atoms with van der Waals surface area (Å²) < 4.78 is 35.4. The number of ether oxygens (including phenoxy) is 1. The molecule has 1 amide bonds. The molecule has 5 atom stereocenters. The number of carbonyl (C=O) groups is 1. The molecule has 2 aliphatic heterocycles. The van der Waals surface area contributed by atoms with E-state index in [9.17, 15) is 23.4 Å². The van der Waals surface area contributed by atoms with Crippen molar-refractivity contribution in [1.29, 1.82) is 0 Å². The van der Waals surface area contributed by atoms with Crippen LogP contribution in [-0.2, 0) is 23.1 Å². The number of fused-ring (bicyclic) bond motifs is 3. The number of sulfonamides is 1. The summed E-state index contributed by atoms with van der Waals surface area (Å²) in [5, 5.41) is 24.7. The Kier molecular flexibility index (Phi) is 11.0. The molecule has 45 heavy (non-hydrogen) atoms. The van der Waals surface area contributed by atoms with Crippen LogP contribution in [-0.4, -0.2) is 68.2 Å². The van der Waals surface area contributed by atoms with Crippen molar-refractivity contribution in [2.45, 2.75) is 82.7 Å². The molecule has 0 saturated heterocycles. The number of anilines is 1. The summed E-state index contributed by atoms with van der Waals surface area (Å²) in [6.45, 7) is 6.02.